The van der Waals surface area contributed by atoms with E-state index in [4.69, 9.17) is 4.52 Å². The van der Waals surface area contributed by atoms with Gasteiger partial charge in [0.1, 0.15) is 0 Å². The first-order chi connectivity index (χ1) is 11.3. The van der Waals surface area contributed by atoms with Crippen molar-refractivity contribution in [2.75, 3.05) is 6.54 Å². The zero-order valence-corrected chi connectivity index (χ0v) is 13.3. The number of aromatic nitrogens is 1. The average Bonchev–Trinajstić information content (AvgIpc) is 3.11. The van der Waals surface area contributed by atoms with E-state index in [0.717, 1.165) is 24.9 Å². The monoisotopic (exact) mass is 310 g/mol. The summed E-state index contributed by atoms with van der Waals surface area (Å²) in [5, 5.41) is 4.04. The number of nitrogens with zero attached hydrogens (tertiary/aromatic N) is 2. The first-order valence-electron chi connectivity index (χ1n) is 8.66. The maximum absolute atomic E-state index is 12.9. The van der Waals surface area contributed by atoms with Gasteiger partial charge in [0, 0.05) is 24.2 Å². The zero-order valence-electron chi connectivity index (χ0n) is 13.3. The third-order valence-corrected chi connectivity index (χ3v) is 5.29. The summed E-state index contributed by atoms with van der Waals surface area (Å²) in [4.78, 5) is 15.0. The van der Waals surface area contributed by atoms with Crippen LogP contribution >= 0.6 is 0 Å². The molecule has 2 heterocycles. The molecule has 1 saturated heterocycles. The Bertz CT molecular complexity index is 678. The summed E-state index contributed by atoms with van der Waals surface area (Å²) in [7, 11) is 0. The SMILES string of the molecule is O=C(c1cc(-c2ccccc2)on1)N1CCC[C@H]2CCCC[C@H]21. The lowest BCUT2D eigenvalue weighted by atomic mass is 9.78. The molecule has 0 spiro atoms. The van der Waals surface area contributed by atoms with E-state index in [9.17, 15) is 4.79 Å². The van der Waals surface area contributed by atoms with Gasteiger partial charge in [-0.2, -0.15) is 0 Å². The number of hydrogen-bond donors (Lipinski definition) is 0. The molecule has 1 saturated carbocycles. The van der Waals surface area contributed by atoms with Crippen molar-refractivity contribution in [3.63, 3.8) is 0 Å². The average molecular weight is 310 g/mol. The molecule has 1 aliphatic heterocycles. The van der Waals surface area contributed by atoms with E-state index in [1.807, 2.05) is 30.3 Å². The quantitative estimate of drug-likeness (QED) is 0.837. The fourth-order valence-electron chi connectivity index (χ4n) is 4.14. The van der Waals surface area contributed by atoms with E-state index < -0.39 is 0 Å². The molecule has 2 aromatic rings. The largest absolute Gasteiger partial charge is 0.355 e. The predicted molar refractivity (Wildman–Crippen MR) is 88.0 cm³/mol. The van der Waals surface area contributed by atoms with Crippen molar-refractivity contribution in [3.8, 4) is 11.3 Å². The normalized spacial score (nSPS) is 24.3. The van der Waals surface area contributed by atoms with Crippen LogP contribution in [0.3, 0.4) is 0 Å². The van der Waals surface area contributed by atoms with Gasteiger partial charge < -0.3 is 9.42 Å². The Hall–Kier alpha value is -2.10. The Morgan fingerprint density at radius 1 is 1.09 bits per heavy atom. The molecule has 4 heteroatoms. The lowest BCUT2D eigenvalue weighted by Gasteiger charge is -2.43. The van der Waals surface area contributed by atoms with Crippen molar-refractivity contribution in [1.82, 2.24) is 10.1 Å². The first kappa shape index (κ1) is 14.5. The minimum atomic E-state index is 0.0348. The standard InChI is InChI=1S/C19H22N2O2/c22-19(21-12-6-10-14-7-4-5-11-17(14)21)16-13-18(23-20-16)15-8-2-1-3-9-15/h1-3,8-9,13-14,17H,4-7,10-12H2/t14-,17-/m1/s1. The molecule has 0 radical (unpaired) electrons. The van der Waals surface area contributed by atoms with E-state index >= 15 is 0 Å². The van der Waals surface area contributed by atoms with Crippen LogP contribution < -0.4 is 0 Å². The summed E-state index contributed by atoms with van der Waals surface area (Å²) >= 11 is 0. The van der Waals surface area contributed by atoms with Gasteiger partial charge in [0.2, 0.25) is 0 Å². The first-order valence-corrected chi connectivity index (χ1v) is 8.66. The highest BCUT2D eigenvalue weighted by Gasteiger charge is 2.36. The van der Waals surface area contributed by atoms with Crippen molar-refractivity contribution < 1.29 is 9.32 Å². The van der Waals surface area contributed by atoms with Crippen LogP contribution in [0.5, 0.6) is 0 Å². The lowest BCUT2D eigenvalue weighted by molar-refractivity contribution is 0.0381. The van der Waals surface area contributed by atoms with Gasteiger partial charge in [-0.25, -0.2) is 0 Å². The van der Waals surface area contributed by atoms with Crippen molar-refractivity contribution in [2.45, 2.75) is 44.6 Å². The van der Waals surface area contributed by atoms with Crippen LogP contribution in [-0.4, -0.2) is 28.6 Å². The van der Waals surface area contributed by atoms with Gasteiger partial charge in [-0.3, -0.25) is 4.79 Å². The van der Waals surface area contributed by atoms with Crippen molar-refractivity contribution in [3.05, 3.63) is 42.1 Å². The molecule has 4 rings (SSSR count). The van der Waals surface area contributed by atoms with E-state index in [-0.39, 0.29) is 5.91 Å². The summed E-state index contributed by atoms with van der Waals surface area (Å²) in [5.74, 6) is 1.38. The third kappa shape index (κ3) is 2.78. The number of amides is 1. The minimum Gasteiger partial charge on any atom is -0.355 e. The third-order valence-electron chi connectivity index (χ3n) is 5.29. The number of hydrogen-bond acceptors (Lipinski definition) is 3. The van der Waals surface area contributed by atoms with Crippen LogP contribution in [0.25, 0.3) is 11.3 Å². The lowest BCUT2D eigenvalue weighted by Crippen LogP contribution is -2.49. The molecule has 2 fully saturated rings. The Balaban J connectivity index is 1.56. The van der Waals surface area contributed by atoms with Gasteiger partial charge in [0.25, 0.3) is 5.91 Å². The maximum atomic E-state index is 12.9. The van der Waals surface area contributed by atoms with Gasteiger partial charge in [0.05, 0.1) is 0 Å². The van der Waals surface area contributed by atoms with Crippen LogP contribution in [0.2, 0.25) is 0 Å². The van der Waals surface area contributed by atoms with Gasteiger partial charge >= 0.3 is 0 Å². The summed E-state index contributed by atoms with van der Waals surface area (Å²) in [6.45, 7) is 0.855. The maximum Gasteiger partial charge on any atom is 0.276 e. The molecule has 23 heavy (non-hydrogen) atoms. The van der Waals surface area contributed by atoms with Crippen LogP contribution in [0, 0.1) is 5.92 Å². The Labute approximate surface area is 136 Å². The highest BCUT2D eigenvalue weighted by molar-refractivity contribution is 5.93. The van der Waals surface area contributed by atoms with E-state index in [0.29, 0.717) is 23.4 Å². The second-order valence-electron chi connectivity index (χ2n) is 6.70. The second kappa shape index (κ2) is 6.19. The van der Waals surface area contributed by atoms with E-state index in [1.165, 1.54) is 25.7 Å². The molecular formula is C19H22N2O2. The summed E-state index contributed by atoms with van der Waals surface area (Å²) in [6, 6.07) is 12.0. The van der Waals surface area contributed by atoms with Crippen molar-refractivity contribution in [2.24, 2.45) is 5.92 Å². The molecule has 0 N–H and O–H groups in total. The number of rotatable bonds is 2. The number of carbonyl (C=O) groups excluding carboxylic acids is 1. The smallest absolute Gasteiger partial charge is 0.276 e. The van der Waals surface area contributed by atoms with Gasteiger partial charge in [0.15, 0.2) is 11.5 Å². The molecule has 1 aliphatic carbocycles. The number of piperidine rings is 1. The molecule has 2 aliphatic rings. The van der Waals surface area contributed by atoms with Crippen LogP contribution in [0.15, 0.2) is 40.9 Å². The van der Waals surface area contributed by atoms with E-state index in [1.54, 1.807) is 6.07 Å². The topological polar surface area (TPSA) is 46.3 Å². The van der Waals surface area contributed by atoms with Crippen molar-refractivity contribution >= 4 is 5.91 Å². The zero-order chi connectivity index (χ0) is 15.6. The number of likely N-dealkylation sites (tertiary alicyclic amines) is 1. The molecular weight excluding hydrogens is 288 g/mol. The molecule has 1 aromatic heterocycles. The van der Waals surface area contributed by atoms with Crippen LogP contribution in [0.1, 0.15) is 49.0 Å². The minimum absolute atomic E-state index is 0.0348. The molecule has 0 unspecified atom stereocenters. The second-order valence-corrected chi connectivity index (χ2v) is 6.70. The molecule has 0 bridgehead atoms. The summed E-state index contributed by atoms with van der Waals surface area (Å²) in [5.41, 5.74) is 1.39. The summed E-state index contributed by atoms with van der Waals surface area (Å²) < 4.78 is 5.40. The molecule has 1 aromatic carbocycles. The number of fused-ring (bicyclic) bond motifs is 1. The molecule has 120 valence electrons. The Morgan fingerprint density at radius 2 is 1.87 bits per heavy atom. The Morgan fingerprint density at radius 3 is 2.74 bits per heavy atom. The number of carbonyl (C=O) groups is 1. The highest BCUT2D eigenvalue weighted by atomic mass is 16.5. The fourth-order valence-corrected chi connectivity index (χ4v) is 4.14. The van der Waals surface area contributed by atoms with Gasteiger partial charge in [-0.05, 0) is 31.6 Å². The van der Waals surface area contributed by atoms with Crippen LogP contribution in [-0.2, 0) is 0 Å². The Kier molecular flexibility index (Phi) is 3.90. The fraction of sp³-hybridized carbons (Fsp3) is 0.474. The number of benzene rings is 1. The van der Waals surface area contributed by atoms with Crippen LogP contribution in [0.4, 0.5) is 0 Å². The van der Waals surface area contributed by atoms with Gasteiger partial charge in [-0.1, -0.05) is 48.3 Å². The van der Waals surface area contributed by atoms with Crippen molar-refractivity contribution in [1.29, 1.82) is 0 Å². The predicted octanol–water partition coefficient (Wildman–Crippen LogP) is 4.14. The van der Waals surface area contributed by atoms with E-state index in [2.05, 4.69) is 10.1 Å². The highest BCUT2D eigenvalue weighted by Crippen LogP contribution is 2.36. The molecule has 4 nitrogen and oxygen atoms in total. The molecule has 2 atom stereocenters. The summed E-state index contributed by atoms with van der Waals surface area (Å²) in [6.07, 6.45) is 7.32. The van der Waals surface area contributed by atoms with Gasteiger partial charge in [-0.15, -0.1) is 0 Å². The molecule has 1 amide bonds.